The van der Waals surface area contributed by atoms with Crippen LogP contribution in [-0.4, -0.2) is 23.7 Å². The molecule has 0 aromatic heterocycles. The second kappa shape index (κ2) is 4.16. The Labute approximate surface area is 80.8 Å². The molecular weight excluding hydrogens is 197 g/mol. The van der Waals surface area contributed by atoms with Crippen molar-refractivity contribution in [3.05, 3.63) is 0 Å². The lowest BCUT2D eigenvalue weighted by atomic mass is 9.97. The van der Waals surface area contributed by atoms with Gasteiger partial charge in [-0.3, -0.25) is 4.79 Å². The minimum Gasteiger partial charge on any atom is -0.349 e. The van der Waals surface area contributed by atoms with Crippen molar-refractivity contribution in [3.8, 4) is 0 Å². The van der Waals surface area contributed by atoms with Gasteiger partial charge in [0.05, 0.1) is 0 Å². The minimum atomic E-state index is -4.47. The van der Waals surface area contributed by atoms with Crippen LogP contribution in [0, 0.1) is 0 Å². The third kappa shape index (κ3) is 5.06. The standard InChI is InChI=1S/C8H15F3N2O/c1-5(12)7(2,3)13-6(14)4-8(9,10)11/h5H,4,12H2,1-3H3,(H,13,14). The van der Waals surface area contributed by atoms with Gasteiger partial charge in [-0.15, -0.1) is 0 Å². The van der Waals surface area contributed by atoms with Crippen LogP contribution in [0.1, 0.15) is 27.2 Å². The van der Waals surface area contributed by atoms with Gasteiger partial charge in [0.25, 0.3) is 0 Å². The van der Waals surface area contributed by atoms with E-state index in [1.807, 2.05) is 0 Å². The van der Waals surface area contributed by atoms with Crippen LogP contribution in [0.5, 0.6) is 0 Å². The Morgan fingerprint density at radius 1 is 1.43 bits per heavy atom. The molecule has 0 aliphatic heterocycles. The Bertz CT molecular complexity index is 211. The molecule has 0 saturated heterocycles. The molecule has 14 heavy (non-hydrogen) atoms. The zero-order valence-electron chi connectivity index (χ0n) is 8.40. The summed E-state index contributed by atoms with van der Waals surface area (Å²) >= 11 is 0. The summed E-state index contributed by atoms with van der Waals surface area (Å²) in [5, 5.41) is 2.23. The largest absolute Gasteiger partial charge is 0.397 e. The molecular formula is C8H15F3N2O. The van der Waals surface area contributed by atoms with Crippen molar-refractivity contribution in [1.82, 2.24) is 5.32 Å². The molecule has 0 aromatic rings. The van der Waals surface area contributed by atoms with E-state index in [9.17, 15) is 18.0 Å². The number of halogens is 3. The topological polar surface area (TPSA) is 55.1 Å². The molecule has 0 aliphatic carbocycles. The molecule has 1 amide bonds. The van der Waals surface area contributed by atoms with E-state index in [4.69, 9.17) is 5.73 Å². The predicted molar refractivity (Wildman–Crippen MR) is 46.5 cm³/mol. The van der Waals surface area contributed by atoms with Crippen LogP contribution in [0.15, 0.2) is 0 Å². The van der Waals surface area contributed by atoms with Gasteiger partial charge in [-0.1, -0.05) is 0 Å². The average molecular weight is 212 g/mol. The number of hydrogen-bond donors (Lipinski definition) is 2. The highest BCUT2D eigenvalue weighted by Gasteiger charge is 2.34. The van der Waals surface area contributed by atoms with Crippen LogP contribution >= 0.6 is 0 Å². The van der Waals surface area contributed by atoms with E-state index in [0.29, 0.717) is 0 Å². The number of hydrogen-bond acceptors (Lipinski definition) is 2. The van der Waals surface area contributed by atoms with E-state index < -0.39 is 30.1 Å². The fraction of sp³-hybridized carbons (Fsp3) is 0.875. The van der Waals surface area contributed by atoms with Crippen molar-refractivity contribution in [2.24, 2.45) is 5.73 Å². The molecule has 0 aromatic carbocycles. The van der Waals surface area contributed by atoms with Gasteiger partial charge in [0.2, 0.25) is 5.91 Å². The van der Waals surface area contributed by atoms with Gasteiger partial charge in [0.15, 0.2) is 0 Å². The van der Waals surface area contributed by atoms with Crippen molar-refractivity contribution in [2.75, 3.05) is 0 Å². The maximum atomic E-state index is 11.8. The highest BCUT2D eigenvalue weighted by Crippen LogP contribution is 2.19. The van der Waals surface area contributed by atoms with Crippen LogP contribution in [0.3, 0.4) is 0 Å². The number of carbonyl (C=O) groups is 1. The van der Waals surface area contributed by atoms with E-state index in [-0.39, 0.29) is 0 Å². The second-order valence-corrected chi connectivity index (χ2v) is 3.85. The highest BCUT2D eigenvalue weighted by atomic mass is 19.4. The lowest BCUT2D eigenvalue weighted by Crippen LogP contribution is -2.55. The zero-order valence-corrected chi connectivity index (χ0v) is 8.40. The van der Waals surface area contributed by atoms with E-state index in [2.05, 4.69) is 5.32 Å². The van der Waals surface area contributed by atoms with Crippen molar-refractivity contribution in [3.63, 3.8) is 0 Å². The first-order chi connectivity index (χ1) is 6.04. The van der Waals surface area contributed by atoms with Crippen LogP contribution in [0.4, 0.5) is 13.2 Å². The molecule has 1 atom stereocenters. The normalized spacial score (nSPS) is 15.1. The summed E-state index contributed by atoms with van der Waals surface area (Å²) in [6.07, 6.45) is -5.94. The van der Waals surface area contributed by atoms with E-state index in [1.54, 1.807) is 20.8 Å². The molecule has 0 rings (SSSR count). The van der Waals surface area contributed by atoms with Gasteiger partial charge in [-0.05, 0) is 20.8 Å². The van der Waals surface area contributed by atoms with Gasteiger partial charge in [-0.2, -0.15) is 13.2 Å². The molecule has 3 nitrogen and oxygen atoms in total. The fourth-order valence-electron chi connectivity index (χ4n) is 0.699. The van der Waals surface area contributed by atoms with Crippen molar-refractivity contribution >= 4 is 5.91 Å². The average Bonchev–Trinajstić information content (AvgIpc) is 1.79. The highest BCUT2D eigenvalue weighted by molar-refractivity contribution is 5.77. The quantitative estimate of drug-likeness (QED) is 0.738. The summed E-state index contributed by atoms with van der Waals surface area (Å²) in [4.78, 5) is 10.9. The number of carbonyl (C=O) groups excluding carboxylic acids is 1. The summed E-state index contributed by atoms with van der Waals surface area (Å²) in [6.45, 7) is 4.77. The summed E-state index contributed by atoms with van der Waals surface area (Å²) in [5.74, 6) is -1.06. The zero-order chi connectivity index (χ0) is 11.6. The predicted octanol–water partition coefficient (Wildman–Crippen LogP) is 1.18. The van der Waals surface area contributed by atoms with Crippen LogP contribution in [0.25, 0.3) is 0 Å². The van der Waals surface area contributed by atoms with Gasteiger partial charge in [0.1, 0.15) is 6.42 Å². The molecule has 1 unspecified atom stereocenters. The van der Waals surface area contributed by atoms with E-state index in [1.165, 1.54) is 0 Å². The molecule has 0 radical (unpaired) electrons. The monoisotopic (exact) mass is 212 g/mol. The number of nitrogens with two attached hydrogens (primary N) is 1. The van der Waals surface area contributed by atoms with Gasteiger partial charge < -0.3 is 11.1 Å². The first kappa shape index (κ1) is 13.2. The second-order valence-electron chi connectivity index (χ2n) is 3.85. The summed E-state index contributed by atoms with van der Waals surface area (Å²) in [6, 6.07) is -0.417. The lowest BCUT2D eigenvalue weighted by molar-refractivity contribution is -0.154. The summed E-state index contributed by atoms with van der Waals surface area (Å²) in [5.41, 5.74) is 4.66. The smallest absolute Gasteiger partial charge is 0.349 e. The number of alkyl halides is 3. The third-order valence-corrected chi connectivity index (χ3v) is 1.96. The lowest BCUT2D eigenvalue weighted by Gasteiger charge is -2.30. The molecule has 0 saturated carbocycles. The Balaban J connectivity index is 4.20. The number of amides is 1. The Hall–Kier alpha value is -0.780. The number of nitrogens with one attached hydrogen (secondary N) is 1. The van der Waals surface area contributed by atoms with Crippen LogP contribution in [-0.2, 0) is 4.79 Å². The Kier molecular flexibility index (Phi) is 3.93. The molecule has 0 fully saturated rings. The SMILES string of the molecule is CC(N)C(C)(C)NC(=O)CC(F)(F)F. The summed E-state index contributed by atoms with van der Waals surface area (Å²) in [7, 11) is 0. The first-order valence-corrected chi connectivity index (χ1v) is 4.18. The van der Waals surface area contributed by atoms with Crippen LogP contribution < -0.4 is 11.1 Å². The molecule has 6 heteroatoms. The van der Waals surface area contributed by atoms with Gasteiger partial charge in [0, 0.05) is 11.6 Å². The Morgan fingerprint density at radius 3 is 2.14 bits per heavy atom. The van der Waals surface area contributed by atoms with Crippen molar-refractivity contribution in [2.45, 2.75) is 44.9 Å². The molecule has 84 valence electrons. The molecule has 0 aliphatic rings. The molecule has 0 bridgehead atoms. The Morgan fingerprint density at radius 2 is 1.86 bits per heavy atom. The van der Waals surface area contributed by atoms with Gasteiger partial charge >= 0.3 is 6.18 Å². The summed E-state index contributed by atoms with van der Waals surface area (Å²) < 4.78 is 35.4. The van der Waals surface area contributed by atoms with Crippen molar-refractivity contribution in [1.29, 1.82) is 0 Å². The van der Waals surface area contributed by atoms with Crippen LogP contribution in [0.2, 0.25) is 0 Å². The van der Waals surface area contributed by atoms with Gasteiger partial charge in [-0.25, -0.2) is 0 Å². The minimum absolute atomic E-state index is 0.417. The maximum Gasteiger partial charge on any atom is 0.397 e. The van der Waals surface area contributed by atoms with Crippen molar-refractivity contribution < 1.29 is 18.0 Å². The number of rotatable bonds is 3. The molecule has 3 N–H and O–H groups in total. The van der Waals surface area contributed by atoms with E-state index in [0.717, 1.165) is 0 Å². The molecule has 0 heterocycles. The molecule has 0 spiro atoms. The third-order valence-electron chi connectivity index (χ3n) is 1.96. The maximum absolute atomic E-state index is 11.8. The van der Waals surface area contributed by atoms with E-state index >= 15 is 0 Å². The first-order valence-electron chi connectivity index (χ1n) is 4.18. The fourth-order valence-corrected chi connectivity index (χ4v) is 0.699.